The van der Waals surface area contributed by atoms with Gasteiger partial charge in [0.2, 0.25) is 0 Å². The molecule has 0 saturated heterocycles. The molecule has 1 aromatic carbocycles. The van der Waals surface area contributed by atoms with E-state index in [0.29, 0.717) is 6.07 Å². The molecule has 8 heteroatoms. The van der Waals surface area contributed by atoms with Crippen molar-refractivity contribution in [1.29, 1.82) is 0 Å². The lowest BCUT2D eigenvalue weighted by Crippen LogP contribution is -2.27. The highest BCUT2D eigenvalue weighted by Crippen LogP contribution is 2.16. The third kappa shape index (κ3) is 4.30. The maximum Gasteiger partial charge on any atom is 0.306 e. The number of benzene rings is 1. The number of rotatable bonds is 6. The van der Waals surface area contributed by atoms with Gasteiger partial charge in [-0.3, -0.25) is 19.7 Å². The number of hydrogen-bond acceptors (Lipinski definition) is 4. The molecule has 0 radical (unpaired) electrons. The van der Waals surface area contributed by atoms with Crippen molar-refractivity contribution >= 4 is 17.6 Å². The maximum absolute atomic E-state index is 13.1. The molecule has 0 aliphatic rings. The first-order valence-corrected chi connectivity index (χ1v) is 5.77. The van der Waals surface area contributed by atoms with E-state index in [1.165, 1.54) is 6.92 Å². The second kappa shape index (κ2) is 6.60. The van der Waals surface area contributed by atoms with Gasteiger partial charge in [0, 0.05) is 18.2 Å². The van der Waals surface area contributed by atoms with Crippen molar-refractivity contribution in [2.75, 3.05) is 6.54 Å². The summed E-state index contributed by atoms with van der Waals surface area (Å²) >= 11 is 0. The summed E-state index contributed by atoms with van der Waals surface area (Å²) in [4.78, 5) is 32.0. The number of nitro groups is 1. The zero-order valence-corrected chi connectivity index (χ0v) is 10.6. The summed E-state index contributed by atoms with van der Waals surface area (Å²) in [7, 11) is 0. The van der Waals surface area contributed by atoms with Gasteiger partial charge < -0.3 is 10.4 Å². The summed E-state index contributed by atoms with van der Waals surface area (Å²) in [5.41, 5.74) is -0.700. The van der Waals surface area contributed by atoms with Crippen LogP contribution in [0.5, 0.6) is 0 Å². The molecule has 0 bridgehead atoms. The average molecular weight is 284 g/mol. The van der Waals surface area contributed by atoms with E-state index in [1.54, 1.807) is 0 Å². The smallest absolute Gasteiger partial charge is 0.306 e. The van der Waals surface area contributed by atoms with Crippen LogP contribution in [0, 0.1) is 21.8 Å². The van der Waals surface area contributed by atoms with E-state index < -0.39 is 34.2 Å². The van der Waals surface area contributed by atoms with Crippen molar-refractivity contribution in [1.82, 2.24) is 5.32 Å². The number of nitro benzene ring substituents is 1. The minimum atomic E-state index is -0.986. The normalized spacial score (nSPS) is 11.7. The Bertz CT molecular complexity index is 547. The fraction of sp³-hybridized carbons (Fsp3) is 0.333. The summed E-state index contributed by atoms with van der Waals surface area (Å²) in [6, 6.07) is 2.55. The van der Waals surface area contributed by atoms with E-state index in [9.17, 15) is 24.1 Å². The Morgan fingerprint density at radius 3 is 2.65 bits per heavy atom. The Hall–Kier alpha value is -2.51. The van der Waals surface area contributed by atoms with Gasteiger partial charge in [0.05, 0.1) is 16.9 Å². The fourth-order valence-electron chi connectivity index (χ4n) is 1.44. The second-order valence-corrected chi connectivity index (χ2v) is 4.24. The van der Waals surface area contributed by atoms with Gasteiger partial charge in [-0.2, -0.15) is 0 Å². The fourth-order valence-corrected chi connectivity index (χ4v) is 1.44. The predicted octanol–water partition coefficient (Wildman–Crippen LogP) is 1.57. The number of carboxylic acid groups (broad SMARTS) is 1. The topological polar surface area (TPSA) is 110 Å². The Kier molecular flexibility index (Phi) is 5.13. The highest BCUT2D eigenvalue weighted by atomic mass is 19.1. The summed E-state index contributed by atoms with van der Waals surface area (Å²) in [5, 5.41) is 21.6. The number of nitrogens with zero attached hydrogens (tertiary/aromatic N) is 1. The first-order valence-electron chi connectivity index (χ1n) is 5.77. The van der Waals surface area contributed by atoms with Gasteiger partial charge in [-0.1, -0.05) is 6.92 Å². The second-order valence-electron chi connectivity index (χ2n) is 4.24. The number of hydrogen-bond donors (Lipinski definition) is 2. The number of carboxylic acids is 1. The van der Waals surface area contributed by atoms with E-state index in [2.05, 4.69) is 5.32 Å². The quantitative estimate of drug-likeness (QED) is 0.608. The number of nitrogens with one attached hydrogen (secondary N) is 1. The number of carbonyl (C=O) groups is 2. The van der Waals surface area contributed by atoms with Gasteiger partial charge in [-0.25, -0.2) is 4.39 Å². The van der Waals surface area contributed by atoms with E-state index in [4.69, 9.17) is 5.11 Å². The van der Waals surface area contributed by atoms with Gasteiger partial charge in [0.1, 0.15) is 5.82 Å². The zero-order valence-electron chi connectivity index (χ0n) is 10.6. The van der Waals surface area contributed by atoms with Crippen LogP contribution in [-0.4, -0.2) is 28.5 Å². The van der Waals surface area contributed by atoms with Crippen LogP contribution in [0.2, 0.25) is 0 Å². The third-order valence-corrected chi connectivity index (χ3v) is 2.64. The molecule has 0 aliphatic carbocycles. The Labute approximate surface area is 113 Å². The molecule has 20 heavy (non-hydrogen) atoms. The van der Waals surface area contributed by atoms with E-state index >= 15 is 0 Å². The van der Waals surface area contributed by atoms with Crippen LogP contribution in [0.1, 0.15) is 23.7 Å². The van der Waals surface area contributed by atoms with Gasteiger partial charge in [-0.15, -0.1) is 0 Å². The number of amides is 1. The molecule has 0 heterocycles. The minimum absolute atomic E-state index is 0.0800. The molecule has 1 aromatic rings. The van der Waals surface area contributed by atoms with Crippen LogP contribution >= 0.6 is 0 Å². The van der Waals surface area contributed by atoms with E-state index in [-0.39, 0.29) is 18.5 Å². The summed E-state index contributed by atoms with van der Waals surface area (Å²) < 4.78 is 13.1. The summed E-state index contributed by atoms with van der Waals surface area (Å²) in [5.74, 6) is -3.19. The van der Waals surface area contributed by atoms with Crippen LogP contribution < -0.4 is 5.32 Å². The van der Waals surface area contributed by atoms with Crippen molar-refractivity contribution in [2.45, 2.75) is 13.3 Å². The molecule has 108 valence electrons. The predicted molar refractivity (Wildman–Crippen MR) is 66.8 cm³/mol. The number of non-ortho nitro benzene ring substituents is 1. The average Bonchev–Trinajstić information content (AvgIpc) is 2.37. The molecule has 2 N–H and O–H groups in total. The van der Waals surface area contributed by atoms with Crippen molar-refractivity contribution in [3.8, 4) is 0 Å². The van der Waals surface area contributed by atoms with Crippen LogP contribution in [0.25, 0.3) is 0 Å². The Morgan fingerprint density at radius 1 is 1.45 bits per heavy atom. The lowest BCUT2D eigenvalue weighted by atomic mass is 10.1. The summed E-state index contributed by atoms with van der Waals surface area (Å²) in [6.07, 6.45) is 0.207. The van der Waals surface area contributed by atoms with Gasteiger partial charge in [0.25, 0.3) is 11.6 Å². The van der Waals surface area contributed by atoms with Crippen LogP contribution in [-0.2, 0) is 4.79 Å². The van der Waals surface area contributed by atoms with Crippen molar-refractivity contribution in [2.24, 2.45) is 5.92 Å². The SMILES string of the molecule is CC(CCNC(=O)c1cc(F)cc([N+](=O)[O-])c1)C(=O)O. The molecular weight excluding hydrogens is 271 g/mol. The van der Waals surface area contributed by atoms with Crippen molar-refractivity contribution in [3.05, 3.63) is 39.7 Å². The molecule has 0 fully saturated rings. The van der Waals surface area contributed by atoms with Crippen LogP contribution in [0.15, 0.2) is 18.2 Å². The molecule has 1 rings (SSSR count). The largest absolute Gasteiger partial charge is 0.481 e. The first-order chi connectivity index (χ1) is 9.31. The lowest BCUT2D eigenvalue weighted by Gasteiger charge is -2.08. The molecular formula is C12H13FN2O5. The molecule has 0 saturated carbocycles. The first kappa shape index (κ1) is 15.5. The van der Waals surface area contributed by atoms with Gasteiger partial charge in [-0.05, 0) is 12.5 Å². The van der Waals surface area contributed by atoms with Crippen molar-refractivity contribution in [3.63, 3.8) is 0 Å². The van der Waals surface area contributed by atoms with E-state index in [0.717, 1.165) is 12.1 Å². The molecule has 0 aromatic heterocycles. The Morgan fingerprint density at radius 2 is 2.10 bits per heavy atom. The molecule has 0 spiro atoms. The highest BCUT2D eigenvalue weighted by Gasteiger charge is 2.15. The number of halogens is 1. The molecule has 1 amide bonds. The molecule has 0 aliphatic heterocycles. The van der Waals surface area contributed by atoms with Gasteiger partial charge >= 0.3 is 5.97 Å². The zero-order chi connectivity index (χ0) is 15.3. The molecule has 1 atom stereocenters. The van der Waals surface area contributed by atoms with Gasteiger partial charge in [0.15, 0.2) is 0 Å². The third-order valence-electron chi connectivity index (χ3n) is 2.64. The van der Waals surface area contributed by atoms with Crippen LogP contribution in [0.4, 0.5) is 10.1 Å². The Balaban J connectivity index is 2.68. The number of aliphatic carboxylic acids is 1. The molecule has 7 nitrogen and oxygen atoms in total. The minimum Gasteiger partial charge on any atom is -0.481 e. The van der Waals surface area contributed by atoms with Crippen molar-refractivity contribution < 1.29 is 24.0 Å². The molecule has 1 unspecified atom stereocenters. The maximum atomic E-state index is 13.1. The van der Waals surface area contributed by atoms with E-state index in [1.807, 2.05) is 0 Å². The highest BCUT2D eigenvalue weighted by molar-refractivity contribution is 5.94. The monoisotopic (exact) mass is 284 g/mol. The lowest BCUT2D eigenvalue weighted by molar-refractivity contribution is -0.385. The van der Waals surface area contributed by atoms with Crippen LogP contribution in [0.3, 0.4) is 0 Å². The standard InChI is InChI=1S/C12H13FN2O5/c1-7(12(17)18)2-3-14-11(16)8-4-9(13)6-10(5-8)15(19)20/h4-7H,2-3H2,1H3,(H,14,16)(H,17,18). The summed E-state index contributed by atoms with van der Waals surface area (Å²) in [6.45, 7) is 1.57. The number of carbonyl (C=O) groups excluding carboxylic acids is 1.